The van der Waals surface area contributed by atoms with Crippen molar-refractivity contribution in [2.75, 3.05) is 5.33 Å². The first kappa shape index (κ1) is 17.4. The van der Waals surface area contributed by atoms with E-state index in [1.807, 2.05) is 30.3 Å². The molecule has 0 saturated carbocycles. The van der Waals surface area contributed by atoms with Gasteiger partial charge in [0.05, 0.1) is 11.2 Å². The highest BCUT2D eigenvalue weighted by Gasteiger charge is 2.49. The van der Waals surface area contributed by atoms with Gasteiger partial charge in [-0.15, -0.1) is 0 Å². The van der Waals surface area contributed by atoms with Crippen molar-refractivity contribution in [3.05, 3.63) is 53.7 Å². The average Bonchev–Trinajstić information content (AvgIpc) is 2.84. The lowest BCUT2D eigenvalue weighted by molar-refractivity contribution is -0.133. The Morgan fingerprint density at radius 1 is 1.32 bits per heavy atom. The molecule has 1 unspecified atom stereocenters. The SMILES string of the molecule is CC1(c2ccc3ccccc3n2)OC(NC(=O)CCCBr)=C(O)C1=O. The number of para-hydroxylation sites is 1. The van der Waals surface area contributed by atoms with Crippen LogP contribution in [0.3, 0.4) is 0 Å². The molecule has 25 heavy (non-hydrogen) atoms. The summed E-state index contributed by atoms with van der Waals surface area (Å²) in [5.41, 5.74) is -0.397. The van der Waals surface area contributed by atoms with E-state index in [-0.39, 0.29) is 18.2 Å². The zero-order chi connectivity index (χ0) is 18.0. The Bertz CT molecular complexity index is 880. The number of halogens is 1. The van der Waals surface area contributed by atoms with E-state index in [4.69, 9.17) is 4.74 Å². The number of amides is 1. The van der Waals surface area contributed by atoms with Crippen molar-refractivity contribution in [3.8, 4) is 0 Å². The van der Waals surface area contributed by atoms with Crippen molar-refractivity contribution in [2.24, 2.45) is 0 Å². The molecule has 130 valence electrons. The molecule has 1 amide bonds. The Morgan fingerprint density at radius 3 is 2.84 bits per heavy atom. The number of carbonyl (C=O) groups excluding carboxylic acids is 2. The number of aliphatic hydroxyl groups is 1. The van der Waals surface area contributed by atoms with Gasteiger partial charge in [0.1, 0.15) is 0 Å². The third-order valence-electron chi connectivity index (χ3n) is 4.05. The highest BCUT2D eigenvalue weighted by atomic mass is 79.9. The predicted octanol–water partition coefficient (Wildman–Crippen LogP) is 3.07. The fraction of sp³-hybridized carbons (Fsp3) is 0.278. The lowest BCUT2D eigenvalue weighted by Gasteiger charge is -2.22. The minimum absolute atomic E-state index is 0.220. The highest BCUT2D eigenvalue weighted by Crippen LogP contribution is 2.36. The van der Waals surface area contributed by atoms with Gasteiger partial charge in [-0.3, -0.25) is 14.9 Å². The second-order valence-corrected chi connectivity index (χ2v) is 6.67. The van der Waals surface area contributed by atoms with Crippen LogP contribution in [0.15, 0.2) is 48.0 Å². The minimum atomic E-state index is -1.48. The smallest absolute Gasteiger partial charge is 0.252 e. The van der Waals surface area contributed by atoms with E-state index < -0.39 is 17.1 Å². The molecule has 1 atom stereocenters. The predicted molar refractivity (Wildman–Crippen MR) is 96.0 cm³/mol. The molecule has 0 aliphatic carbocycles. The third kappa shape index (κ3) is 3.24. The van der Waals surface area contributed by atoms with Gasteiger partial charge in [0, 0.05) is 17.1 Å². The molecule has 2 heterocycles. The summed E-state index contributed by atoms with van der Waals surface area (Å²) in [4.78, 5) is 28.9. The quantitative estimate of drug-likeness (QED) is 0.747. The van der Waals surface area contributed by atoms with Crippen LogP contribution in [0, 0.1) is 0 Å². The summed E-state index contributed by atoms with van der Waals surface area (Å²) in [7, 11) is 0. The summed E-state index contributed by atoms with van der Waals surface area (Å²) in [5.74, 6) is -1.78. The number of aliphatic hydroxyl groups excluding tert-OH is 1. The van der Waals surface area contributed by atoms with E-state index in [2.05, 4.69) is 26.2 Å². The fourth-order valence-electron chi connectivity index (χ4n) is 2.63. The number of hydrogen-bond acceptors (Lipinski definition) is 5. The molecule has 0 radical (unpaired) electrons. The monoisotopic (exact) mass is 404 g/mol. The van der Waals surface area contributed by atoms with E-state index in [0.717, 1.165) is 5.39 Å². The highest BCUT2D eigenvalue weighted by molar-refractivity contribution is 9.09. The van der Waals surface area contributed by atoms with Gasteiger partial charge in [-0.2, -0.15) is 0 Å². The number of benzene rings is 1. The first-order valence-electron chi connectivity index (χ1n) is 7.85. The van der Waals surface area contributed by atoms with Crippen molar-refractivity contribution in [2.45, 2.75) is 25.4 Å². The molecule has 0 saturated heterocycles. The van der Waals surface area contributed by atoms with Crippen molar-refractivity contribution in [3.63, 3.8) is 0 Å². The van der Waals surface area contributed by atoms with Gasteiger partial charge in [0.2, 0.25) is 23.2 Å². The van der Waals surface area contributed by atoms with Crippen LogP contribution in [-0.2, 0) is 19.9 Å². The Kier molecular flexibility index (Phi) is 4.76. The first-order chi connectivity index (χ1) is 12.0. The molecule has 1 aliphatic heterocycles. The molecule has 7 heteroatoms. The van der Waals surface area contributed by atoms with Crippen LogP contribution in [0.25, 0.3) is 10.9 Å². The van der Waals surface area contributed by atoms with Crippen LogP contribution < -0.4 is 5.32 Å². The topological polar surface area (TPSA) is 88.5 Å². The molecule has 2 N–H and O–H groups in total. The zero-order valence-electron chi connectivity index (χ0n) is 13.6. The summed E-state index contributed by atoms with van der Waals surface area (Å²) < 4.78 is 5.63. The van der Waals surface area contributed by atoms with E-state index in [1.54, 1.807) is 6.07 Å². The first-order valence-corrected chi connectivity index (χ1v) is 8.97. The number of fused-ring (bicyclic) bond motifs is 1. The Labute approximate surface area is 153 Å². The molecule has 3 rings (SSSR count). The van der Waals surface area contributed by atoms with Gasteiger partial charge in [-0.1, -0.05) is 40.2 Å². The standard InChI is InChI=1S/C18H17BrN2O4/c1-18(13-9-8-11-5-2-3-6-12(11)20-13)16(24)15(23)17(25-18)21-14(22)7-4-10-19/h2-3,5-6,8-9,23H,4,7,10H2,1H3,(H,21,22). The van der Waals surface area contributed by atoms with Crippen LogP contribution in [0.1, 0.15) is 25.5 Å². The molecule has 0 bridgehead atoms. The number of rotatable bonds is 5. The maximum Gasteiger partial charge on any atom is 0.252 e. The molecule has 1 aromatic heterocycles. The van der Waals surface area contributed by atoms with Crippen LogP contribution in [0.4, 0.5) is 0 Å². The second-order valence-electron chi connectivity index (χ2n) is 5.87. The summed E-state index contributed by atoms with van der Waals surface area (Å²) in [5, 5.41) is 14.2. The van der Waals surface area contributed by atoms with Crippen LogP contribution >= 0.6 is 15.9 Å². The number of pyridine rings is 1. The molecule has 0 spiro atoms. The fourth-order valence-corrected chi connectivity index (χ4v) is 2.91. The number of aromatic nitrogens is 1. The Balaban J connectivity index is 1.87. The summed E-state index contributed by atoms with van der Waals surface area (Å²) >= 11 is 3.25. The largest absolute Gasteiger partial charge is 0.501 e. The zero-order valence-corrected chi connectivity index (χ0v) is 15.2. The van der Waals surface area contributed by atoms with E-state index in [1.165, 1.54) is 6.92 Å². The average molecular weight is 405 g/mol. The molecule has 0 fully saturated rings. The number of hydrogen-bond donors (Lipinski definition) is 2. The van der Waals surface area contributed by atoms with Crippen molar-refractivity contribution < 1.29 is 19.4 Å². The molecule has 2 aromatic rings. The van der Waals surface area contributed by atoms with Crippen molar-refractivity contribution in [1.29, 1.82) is 0 Å². The maximum atomic E-state index is 12.5. The van der Waals surface area contributed by atoms with Crippen LogP contribution in [-0.4, -0.2) is 27.1 Å². The lowest BCUT2D eigenvalue weighted by atomic mass is 9.95. The summed E-state index contributed by atoms with van der Waals surface area (Å²) in [6.07, 6.45) is 0.891. The van der Waals surface area contributed by atoms with Crippen LogP contribution in [0.5, 0.6) is 0 Å². The number of ether oxygens (including phenoxy) is 1. The molecule has 1 aliphatic rings. The molecule has 6 nitrogen and oxygen atoms in total. The van der Waals surface area contributed by atoms with Gasteiger partial charge in [0.25, 0.3) is 5.78 Å². The minimum Gasteiger partial charge on any atom is -0.501 e. The number of carbonyl (C=O) groups is 2. The van der Waals surface area contributed by atoms with Gasteiger partial charge < -0.3 is 9.84 Å². The number of ketones is 1. The van der Waals surface area contributed by atoms with Crippen LogP contribution in [0.2, 0.25) is 0 Å². The number of Topliss-reactive ketones (excluding diaryl/α,β-unsaturated/α-hetero) is 1. The number of nitrogens with zero attached hydrogens (tertiary/aromatic N) is 1. The van der Waals surface area contributed by atoms with Gasteiger partial charge in [0.15, 0.2) is 0 Å². The number of nitrogens with one attached hydrogen (secondary N) is 1. The maximum absolute atomic E-state index is 12.5. The Hall–Kier alpha value is -2.41. The molecular weight excluding hydrogens is 388 g/mol. The van der Waals surface area contributed by atoms with Gasteiger partial charge >= 0.3 is 0 Å². The summed E-state index contributed by atoms with van der Waals surface area (Å²) in [6, 6.07) is 11.0. The van der Waals surface area contributed by atoms with Crippen molar-refractivity contribution >= 4 is 38.5 Å². The van der Waals surface area contributed by atoms with E-state index in [9.17, 15) is 14.7 Å². The van der Waals surface area contributed by atoms with Gasteiger partial charge in [-0.25, -0.2) is 4.98 Å². The number of alkyl halides is 1. The van der Waals surface area contributed by atoms with Gasteiger partial charge in [-0.05, 0) is 25.5 Å². The lowest BCUT2D eigenvalue weighted by Crippen LogP contribution is -2.33. The summed E-state index contributed by atoms with van der Waals surface area (Å²) in [6.45, 7) is 1.53. The van der Waals surface area contributed by atoms with E-state index >= 15 is 0 Å². The van der Waals surface area contributed by atoms with Crippen molar-refractivity contribution in [1.82, 2.24) is 10.3 Å². The van der Waals surface area contributed by atoms with E-state index in [0.29, 0.717) is 23.0 Å². The molecular formula is C18H17BrN2O4. The second kappa shape index (κ2) is 6.84. The molecule has 1 aromatic carbocycles. The normalized spacial score (nSPS) is 20.0. The third-order valence-corrected chi connectivity index (χ3v) is 4.61. The Morgan fingerprint density at radius 2 is 2.08 bits per heavy atom.